The van der Waals surface area contributed by atoms with Crippen molar-refractivity contribution in [1.29, 1.82) is 0 Å². The number of likely N-dealkylation sites (tertiary alicyclic amines) is 1. The molecule has 1 rings (SSSR count). The highest BCUT2D eigenvalue weighted by molar-refractivity contribution is 5.83. The van der Waals surface area contributed by atoms with Crippen LogP contribution in [0.15, 0.2) is 0 Å². The molecule has 0 radical (unpaired) electrons. The summed E-state index contributed by atoms with van der Waals surface area (Å²) in [7, 11) is 0. The summed E-state index contributed by atoms with van der Waals surface area (Å²) in [5.41, 5.74) is 1.53. The minimum absolute atomic E-state index is 0.155. The smallest absolute Gasteiger partial charge is 0.241 e. The Balaban J connectivity index is 2.63. The Hall–Kier alpha value is -1.10. The van der Waals surface area contributed by atoms with Gasteiger partial charge in [0.25, 0.3) is 0 Å². The molecule has 0 atom stereocenters. The molecule has 2 amide bonds. The van der Waals surface area contributed by atoms with E-state index in [2.05, 4.69) is 5.43 Å². The van der Waals surface area contributed by atoms with Crippen LogP contribution in [-0.4, -0.2) is 29.8 Å². The molecule has 5 heteroatoms. The number of amides is 2. The molecule has 17 heavy (non-hydrogen) atoms. The second-order valence-corrected chi connectivity index (χ2v) is 5.34. The number of hydrogen-bond acceptors (Lipinski definition) is 3. The summed E-state index contributed by atoms with van der Waals surface area (Å²) in [6.07, 6.45) is 4.87. The van der Waals surface area contributed by atoms with E-state index in [9.17, 15) is 9.59 Å². The maximum Gasteiger partial charge on any atom is 0.241 e. The minimum Gasteiger partial charge on any atom is -0.342 e. The fourth-order valence-electron chi connectivity index (χ4n) is 2.13. The highest BCUT2D eigenvalue weighted by Gasteiger charge is 2.31. The molecule has 1 aliphatic heterocycles. The maximum atomic E-state index is 11.9. The fourth-order valence-corrected chi connectivity index (χ4v) is 2.13. The molecule has 0 saturated carbocycles. The molecule has 0 unspecified atom stereocenters. The average Bonchev–Trinajstić information content (AvgIpc) is 2.27. The Morgan fingerprint density at radius 1 is 1.35 bits per heavy atom. The molecular weight excluding hydrogens is 218 g/mol. The zero-order chi connectivity index (χ0) is 12.9. The van der Waals surface area contributed by atoms with E-state index in [0.717, 1.165) is 32.2 Å². The number of carbonyl (C=O) groups is 2. The molecule has 5 nitrogen and oxygen atoms in total. The lowest BCUT2D eigenvalue weighted by atomic mass is 9.91. The molecule has 0 bridgehead atoms. The van der Waals surface area contributed by atoms with Gasteiger partial charge in [-0.1, -0.05) is 12.8 Å². The van der Waals surface area contributed by atoms with Crippen molar-refractivity contribution in [1.82, 2.24) is 10.3 Å². The van der Waals surface area contributed by atoms with Crippen LogP contribution in [0, 0.1) is 5.41 Å². The van der Waals surface area contributed by atoms with Gasteiger partial charge in [0.15, 0.2) is 0 Å². The van der Waals surface area contributed by atoms with E-state index in [1.54, 1.807) is 18.7 Å². The van der Waals surface area contributed by atoms with Crippen LogP contribution in [0.4, 0.5) is 0 Å². The number of nitrogens with zero attached hydrogens (tertiary/aromatic N) is 1. The van der Waals surface area contributed by atoms with E-state index in [0.29, 0.717) is 13.0 Å². The Kier molecular flexibility index (Phi) is 4.93. The van der Waals surface area contributed by atoms with Crippen LogP contribution in [0.1, 0.15) is 46.0 Å². The third kappa shape index (κ3) is 4.00. The van der Waals surface area contributed by atoms with Crippen LogP contribution >= 0.6 is 0 Å². The number of nitrogens with two attached hydrogens (primary N) is 1. The summed E-state index contributed by atoms with van der Waals surface area (Å²) in [4.78, 5) is 25.3. The number of nitrogens with one attached hydrogen (secondary N) is 1. The topological polar surface area (TPSA) is 75.4 Å². The first kappa shape index (κ1) is 14.0. The van der Waals surface area contributed by atoms with Gasteiger partial charge in [-0.15, -0.1) is 0 Å². The molecule has 1 saturated heterocycles. The lowest BCUT2D eigenvalue weighted by Crippen LogP contribution is -2.49. The molecule has 1 fully saturated rings. The van der Waals surface area contributed by atoms with Gasteiger partial charge in [0.2, 0.25) is 11.8 Å². The first-order chi connectivity index (χ1) is 7.97. The normalized spacial score (nSPS) is 18.5. The zero-order valence-corrected chi connectivity index (χ0v) is 10.8. The average molecular weight is 241 g/mol. The van der Waals surface area contributed by atoms with Crippen LogP contribution in [0.5, 0.6) is 0 Å². The molecule has 3 N–H and O–H groups in total. The summed E-state index contributed by atoms with van der Waals surface area (Å²) >= 11 is 0. The van der Waals surface area contributed by atoms with Gasteiger partial charge in [-0.05, 0) is 26.7 Å². The predicted octanol–water partition coefficient (Wildman–Crippen LogP) is 0.795. The number of carbonyl (C=O) groups excluding carboxylic acids is 2. The summed E-state index contributed by atoms with van der Waals surface area (Å²) in [6.45, 7) is 4.80. The van der Waals surface area contributed by atoms with Crippen molar-refractivity contribution in [3.63, 3.8) is 0 Å². The largest absolute Gasteiger partial charge is 0.342 e. The van der Waals surface area contributed by atoms with Gasteiger partial charge in [0.05, 0.1) is 5.41 Å². The molecule has 0 aromatic carbocycles. The van der Waals surface area contributed by atoms with Gasteiger partial charge >= 0.3 is 0 Å². The second kappa shape index (κ2) is 6.00. The summed E-state index contributed by atoms with van der Waals surface area (Å²) in [5.74, 6) is 5.08. The molecule has 1 aliphatic rings. The first-order valence-electron chi connectivity index (χ1n) is 6.26. The molecular formula is C12H23N3O2. The van der Waals surface area contributed by atoms with Crippen LogP contribution in [0.2, 0.25) is 0 Å². The summed E-state index contributed by atoms with van der Waals surface area (Å²) < 4.78 is 0. The van der Waals surface area contributed by atoms with Gasteiger partial charge in [-0.3, -0.25) is 15.0 Å². The standard InChI is InChI=1S/C12H23N3O2/c1-12(2,11(17)14-13)9-15-8-6-4-3-5-7-10(15)16/h3-9,13H2,1-2H3,(H,14,17). The van der Waals surface area contributed by atoms with Crippen LogP contribution in [0.3, 0.4) is 0 Å². The van der Waals surface area contributed by atoms with Crippen molar-refractivity contribution in [2.24, 2.45) is 11.3 Å². The predicted molar refractivity (Wildman–Crippen MR) is 65.8 cm³/mol. The molecule has 0 aromatic heterocycles. The van der Waals surface area contributed by atoms with Crippen LogP contribution in [-0.2, 0) is 9.59 Å². The Morgan fingerprint density at radius 3 is 2.65 bits per heavy atom. The number of hydrazine groups is 1. The minimum atomic E-state index is -0.635. The van der Waals surface area contributed by atoms with Gasteiger partial charge in [-0.25, -0.2) is 5.84 Å². The van der Waals surface area contributed by atoms with Gasteiger partial charge < -0.3 is 4.90 Å². The lowest BCUT2D eigenvalue weighted by Gasteiger charge is -2.32. The van der Waals surface area contributed by atoms with E-state index in [1.165, 1.54) is 0 Å². The van der Waals surface area contributed by atoms with E-state index in [1.807, 2.05) is 0 Å². The maximum absolute atomic E-state index is 11.9. The lowest BCUT2D eigenvalue weighted by molar-refractivity contribution is -0.137. The van der Waals surface area contributed by atoms with Gasteiger partial charge in [0, 0.05) is 19.5 Å². The van der Waals surface area contributed by atoms with Crippen LogP contribution < -0.4 is 11.3 Å². The van der Waals surface area contributed by atoms with Gasteiger partial charge in [0.1, 0.15) is 0 Å². The Morgan fingerprint density at radius 2 is 2.00 bits per heavy atom. The van der Waals surface area contributed by atoms with E-state index in [4.69, 9.17) is 5.84 Å². The Labute approximate surface area is 103 Å². The number of rotatable bonds is 3. The van der Waals surface area contributed by atoms with Crippen molar-refractivity contribution < 1.29 is 9.59 Å². The van der Waals surface area contributed by atoms with Crippen molar-refractivity contribution in [3.05, 3.63) is 0 Å². The highest BCUT2D eigenvalue weighted by Crippen LogP contribution is 2.20. The SMILES string of the molecule is CC(C)(CN1CCCCCCC1=O)C(=O)NN. The zero-order valence-electron chi connectivity index (χ0n) is 10.8. The summed E-state index contributed by atoms with van der Waals surface area (Å²) in [6, 6.07) is 0. The third-order valence-corrected chi connectivity index (χ3v) is 3.25. The van der Waals surface area contributed by atoms with Crippen LogP contribution in [0.25, 0.3) is 0 Å². The second-order valence-electron chi connectivity index (χ2n) is 5.34. The highest BCUT2D eigenvalue weighted by atomic mass is 16.2. The number of hydrogen-bond donors (Lipinski definition) is 2. The third-order valence-electron chi connectivity index (χ3n) is 3.25. The Bertz CT molecular complexity index is 289. The van der Waals surface area contributed by atoms with Crippen molar-refractivity contribution in [2.75, 3.05) is 13.1 Å². The molecule has 1 heterocycles. The van der Waals surface area contributed by atoms with Crippen molar-refractivity contribution in [3.8, 4) is 0 Å². The molecule has 0 aromatic rings. The quantitative estimate of drug-likeness (QED) is 0.436. The van der Waals surface area contributed by atoms with E-state index >= 15 is 0 Å². The molecule has 0 spiro atoms. The van der Waals surface area contributed by atoms with E-state index < -0.39 is 5.41 Å². The van der Waals surface area contributed by atoms with Gasteiger partial charge in [-0.2, -0.15) is 0 Å². The van der Waals surface area contributed by atoms with Crippen molar-refractivity contribution >= 4 is 11.8 Å². The van der Waals surface area contributed by atoms with Crippen molar-refractivity contribution in [2.45, 2.75) is 46.0 Å². The molecule has 0 aliphatic carbocycles. The summed E-state index contributed by atoms with van der Waals surface area (Å²) in [5, 5.41) is 0. The van der Waals surface area contributed by atoms with E-state index in [-0.39, 0.29) is 11.8 Å². The fraction of sp³-hybridized carbons (Fsp3) is 0.833. The molecule has 98 valence electrons. The monoisotopic (exact) mass is 241 g/mol. The first-order valence-corrected chi connectivity index (χ1v) is 6.26.